The van der Waals surface area contributed by atoms with Gasteiger partial charge in [0.05, 0.1) is 16.1 Å². The largest absolute Gasteiger partial charge is 0.413 e. The Hall–Kier alpha value is 0.571. The molecule has 5 heteroatoms. The second-order valence-corrected chi connectivity index (χ2v) is 25.4. The number of hydrogen-bond donors (Lipinski definition) is 0. The van der Waals surface area contributed by atoms with Gasteiger partial charge in [-0.2, -0.15) is 0 Å². The van der Waals surface area contributed by atoms with Crippen molar-refractivity contribution in [2.24, 2.45) is 5.92 Å². The van der Waals surface area contributed by atoms with E-state index in [2.05, 4.69) is 80.1 Å². The summed E-state index contributed by atoms with van der Waals surface area (Å²) < 4.78 is 12.9. The summed E-state index contributed by atoms with van der Waals surface area (Å²) >= 11 is 0. The van der Waals surface area contributed by atoms with Crippen LogP contribution in [0.25, 0.3) is 0 Å². The summed E-state index contributed by atoms with van der Waals surface area (Å²) in [7, 11) is -4.20. The molecule has 0 radical (unpaired) electrons. The van der Waals surface area contributed by atoms with E-state index in [1.165, 1.54) is 6.04 Å². The summed E-state index contributed by atoms with van der Waals surface area (Å²) in [4.78, 5) is 0. The van der Waals surface area contributed by atoms with E-state index in [9.17, 15) is 0 Å². The molecule has 0 aromatic rings. The second-order valence-electron chi connectivity index (χ2n) is 10.7. The van der Waals surface area contributed by atoms with E-state index in [1.807, 2.05) is 0 Å². The summed E-state index contributed by atoms with van der Waals surface area (Å²) in [6, 6.07) is 1.17. The molecule has 0 aromatic carbocycles. The molecule has 0 saturated heterocycles. The summed E-state index contributed by atoms with van der Waals surface area (Å²) in [6.07, 6.45) is 0.957. The van der Waals surface area contributed by atoms with Crippen LogP contribution in [-0.4, -0.2) is 42.0 Å². The van der Waals surface area contributed by atoms with Crippen molar-refractivity contribution in [1.82, 2.24) is 0 Å². The molecule has 1 atom stereocenters. The van der Waals surface area contributed by atoms with Crippen LogP contribution in [0.15, 0.2) is 0 Å². The summed E-state index contributed by atoms with van der Waals surface area (Å²) in [6.45, 7) is 28.1. The van der Waals surface area contributed by atoms with Gasteiger partial charge in [-0.3, -0.25) is 0 Å². The van der Waals surface area contributed by atoms with E-state index in [0.29, 0.717) is 11.6 Å². The van der Waals surface area contributed by atoms with E-state index in [1.54, 1.807) is 0 Å². The molecule has 0 bridgehead atoms. The average Bonchev–Trinajstić information content (AvgIpc) is 2.06. The van der Waals surface area contributed by atoms with E-state index in [-0.39, 0.29) is 5.60 Å². The number of hydrogen-bond acceptors (Lipinski definition) is 2. The molecule has 0 aliphatic carbocycles. The highest BCUT2D eigenvalue weighted by Crippen LogP contribution is 2.29. The molecule has 2 nitrogen and oxygen atoms in total. The lowest BCUT2D eigenvalue weighted by Gasteiger charge is -2.40. The fraction of sp³-hybridized carbons (Fsp3) is 1.00. The maximum Gasteiger partial charge on any atom is 0.184 e. The van der Waals surface area contributed by atoms with Crippen LogP contribution in [0.3, 0.4) is 0 Å². The molecule has 134 valence electrons. The Morgan fingerprint density at radius 1 is 0.864 bits per heavy atom. The minimum Gasteiger partial charge on any atom is -0.413 e. The fourth-order valence-electron chi connectivity index (χ4n) is 3.83. The minimum absolute atomic E-state index is 0.0178. The molecular formula is C17H42O2Si3. The van der Waals surface area contributed by atoms with Gasteiger partial charge in [-0.05, 0) is 45.5 Å². The van der Waals surface area contributed by atoms with Gasteiger partial charge in [-0.15, -0.1) is 0 Å². The van der Waals surface area contributed by atoms with Gasteiger partial charge in [0.1, 0.15) is 0 Å². The third kappa shape index (κ3) is 9.65. The zero-order chi connectivity index (χ0) is 18.0. The zero-order valence-corrected chi connectivity index (χ0v) is 20.4. The highest BCUT2D eigenvalue weighted by Gasteiger charge is 2.37. The first kappa shape index (κ1) is 22.6. The predicted octanol–water partition coefficient (Wildman–Crippen LogP) is 5.78. The molecule has 0 N–H and O–H groups in total. The van der Waals surface area contributed by atoms with E-state index in [4.69, 9.17) is 9.16 Å². The molecule has 0 aromatic heterocycles. The Morgan fingerprint density at radius 3 is 1.64 bits per heavy atom. The molecular weight excluding hydrogens is 320 g/mol. The van der Waals surface area contributed by atoms with E-state index >= 15 is 0 Å². The van der Waals surface area contributed by atoms with E-state index < -0.39 is 24.5 Å². The summed E-state index contributed by atoms with van der Waals surface area (Å²) in [5.41, 5.74) is 0.441. The lowest BCUT2D eigenvalue weighted by atomic mass is 10.2. The molecule has 0 heterocycles. The van der Waals surface area contributed by atoms with Crippen molar-refractivity contribution in [3.8, 4) is 0 Å². The molecule has 0 saturated carbocycles. The Labute approximate surface area is 143 Å². The Kier molecular flexibility index (Phi) is 7.84. The lowest BCUT2D eigenvalue weighted by Crippen LogP contribution is -2.50. The Bertz CT molecular complexity index is 339. The first-order valence-corrected chi connectivity index (χ1v) is 19.2. The van der Waals surface area contributed by atoms with Crippen LogP contribution in [0.4, 0.5) is 0 Å². The SMILES string of the molecule is CC(C)C(OC[Si](C)(C)CC(C)(C)O[Si](C)(C)C)[Si](C)(C)C. The van der Waals surface area contributed by atoms with Crippen LogP contribution in [0.2, 0.25) is 58.4 Å². The molecule has 0 rings (SSSR count). The van der Waals surface area contributed by atoms with Gasteiger partial charge in [0, 0.05) is 17.6 Å². The van der Waals surface area contributed by atoms with Crippen LogP contribution in [0.5, 0.6) is 0 Å². The van der Waals surface area contributed by atoms with Crippen molar-refractivity contribution < 1.29 is 9.16 Å². The van der Waals surface area contributed by atoms with Crippen LogP contribution < -0.4 is 0 Å². The first-order chi connectivity index (χ1) is 9.45. The van der Waals surface area contributed by atoms with E-state index in [0.717, 1.165) is 6.23 Å². The highest BCUT2D eigenvalue weighted by molar-refractivity contribution is 6.79. The topological polar surface area (TPSA) is 18.5 Å². The third-order valence-electron chi connectivity index (χ3n) is 3.60. The Morgan fingerprint density at radius 2 is 1.32 bits per heavy atom. The molecule has 1 unspecified atom stereocenters. The minimum atomic E-state index is -1.50. The van der Waals surface area contributed by atoms with Gasteiger partial charge in [-0.1, -0.05) is 46.6 Å². The normalized spacial score (nSPS) is 16.2. The van der Waals surface area contributed by atoms with Gasteiger partial charge >= 0.3 is 0 Å². The van der Waals surface area contributed by atoms with Gasteiger partial charge in [-0.25, -0.2) is 0 Å². The standard InChI is InChI=1S/C17H42O2Si3/c1-15(2)16(20(5,6)7)18-14-22(11,12)13-17(3,4)19-21(8,9)10/h15-16H,13-14H2,1-12H3. The number of rotatable bonds is 9. The third-order valence-corrected chi connectivity index (χ3v) is 10.1. The van der Waals surface area contributed by atoms with Crippen molar-refractivity contribution in [3.05, 3.63) is 0 Å². The maximum atomic E-state index is 6.49. The Balaban J connectivity index is 4.76. The van der Waals surface area contributed by atoms with Crippen molar-refractivity contribution in [2.75, 3.05) is 6.23 Å². The van der Waals surface area contributed by atoms with Crippen LogP contribution in [-0.2, 0) is 9.16 Å². The highest BCUT2D eigenvalue weighted by atomic mass is 28.4. The molecule has 0 fully saturated rings. The van der Waals surface area contributed by atoms with Crippen molar-refractivity contribution >= 4 is 24.5 Å². The van der Waals surface area contributed by atoms with Crippen molar-refractivity contribution in [2.45, 2.75) is 97.4 Å². The van der Waals surface area contributed by atoms with Crippen molar-refractivity contribution in [3.63, 3.8) is 0 Å². The maximum absolute atomic E-state index is 6.49. The van der Waals surface area contributed by atoms with Gasteiger partial charge in [0.15, 0.2) is 8.32 Å². The van der Waals surface area contributed by atoms with Crippen LogP contribution in [0.1, 0.15) is 27.7 Å². The van der Waals surface area contributed by atoms with Crippen LogP contribution in [0, 0.1) is 5.92 Å². The first-order valence-electron chi connectivity index (χ1n) is 8.77. The van der Waals surface area contributed by atoms with Gasteiger partial charge in [0.2, 0.25) is 0 Å². The molecule has 0 aliphatic rings. The smallest absolute Gasteiger partial charge is 0.184 e. The zero-order valence-electron chi connectivity index (χ0n) is 17.4. The summed E-state index contributed by atoms with van der Waals surface area (Å²) in [5, 5.41) is 0. The molecule has 22 heavy (non-hydrogen) atoms. The monoisotopic (exact) mass is 362 g/mol. The molecule has 0 amide bonds. The van der Waals surface area contributed by atoms with Gasteiger partial charge < -0.3 is 9.16 Å². The van der Waals surface area contributed by atoms with Crippen LogP contribution >= 0.6 is 0 Å². The molecule has 0 spiro atoms. The second kappa shape index (κ2) is 7.64. The quantitative estimate of drug-likeness (QED) is 0.484. The lowest BCUT2D eigenvalue weighted by molar-refractivity contribution is 0.0930. The number of ether oxygens (including phenoxy) is 1. The van der Waals surface area contributed by atoms with Crippen molar-refractivity contribution in [1.29, 1.82) is 0 Å². The average molecular weight is 363 g/mol. The predicted molar refractivity (Wildman–Crippen MR) is 109 cm³/mol. The fourth-order valence-corrected chi connectivity index (χ4v) is 11.6. The summed E-state index contributed by atoms with van der Waals surface area (Å²) in [5.74, 6) is 0.614. The van der Waals surface area contributed by atoms with Gasteiger partial charge in [0.25, 0.3) is 0 Å². The molecule has 0 aliphatic heterocycles.